The Kier molecular flexibility index (Phi) is 4.71. The summed E-state index contributed by atoms with van der Waals surface area (Å²) in [6, 6.07) is 0.299. The summed E-state index contributed by atoms with van der Waals surface area (Å²) >= 11 is 0. The van der Waals surface area contributed by atoms with Gasteiger partial charge in [-0.1, -0.05) is 18.4 Å². The summed E-state index contributed by atoms with van der Waals surface area (Å²) in [4.78, 5) is 12.6. The fourth-order valence-corrected chi connectivity index (χ4v) is 1.23. The van der Waals surface area contributed by atoms with Gasteiger partial charge in [0, 0.05) is 6.54 Å². The summed E-state index contributed by atoms with van der Waals surface area (Å²) in [6.07, 6.45) is 1.93. The second-order valence-electron chi connectivity index (χ2n) is 3.42. The van der Waals surface area contributed by atoms with Gasteiger partial charge in [0.25, 0.3) is 0 Å². The molecule has 1 aromatic rings. The van der Waals surface area contributed by atoms with Crippen molar-refractivity contribution in [2.75, 3.05) is 18.0 Å². The van der Waals surface area contributed by atoms with Gasteiger partial charge in [-0.15, -0.1) is 5.10 Å². The van der Waals surface area contributed by atoms with Crippen LogP contribution < -0.4 is 16.4 Å². The van der Waals surface area contributed by atoms with Crippen LogP contribution in [0.1, 0.15) is 25.7 Å². The number of hydrogen-bond donors (Lipinski definition) is 2. The van der Waals surface area contributed by atoms with Crippen molar-refractivity contribution in [3.63, 3.8) is 0 Å². The minimum atomic E-state index is -0.427. The molecule has 0 aliphatic heterocycles. The molecule has 1 rings (SSSR count). The molecule has 7 heteroatoms. The average Bonchev–Trinajstić information content (AvgIpc) is 2.72. The molecule has 0 saturated carbocycles. The van der Waals surface area contributed by atoms with Gasteiger partial charge in [0.1, 0.15) is 6.54 Å². The first-order valence-electron chi connectivity index (χ1n) is 5.23. The first-order valence-corrected chi connectivity index (χ1v) is 5.23. The van der Waals surface area contributed by atoms with Gasteiger partial charge in [-0.25, -0.2) is 0 Å². The molecule has 1 aromatic heterocycles. The fourth-order valence-electron chi connectivity index (χ4n) is 1.23. The number of primary amides is 1. The lowest BCUT2D eigenvalue weighted by atomic mass is 10.3. The van der Waals surface area contributed by atoms with Gasteiger partial charge < -0.3 is 20.8 Å². The smallest absolute Gasteiger partial charge is 0.318 e. The van der Waals surface area contributed by atoms with E-state index in [0.29, 0.717) is 18.5 Å². The molecule has 1 amide bonds. The van der Waals surface area contributed by atoms with Crippen molar-refractivity contribution in [3.05, 3.63) is 5.89 Å². The molecule has 0 bridgehead atoms. The predicted molar refractivity (Wildman–Crippen MR) is 58.5 cm³/mol. The maximum Gasteiger partial charge on any atom is 0.318 e. The molecule has 0 aliphatic carbocycles. The summed E-state index contributed by atoms with van der Waals surface area (Å²) < 4.78 is 5.26. The van der Waals surface area contributed by atoms with E-state index in [-0.39, 0.29) is 13.1 Å². The van der Waals surface area contributed by atoms with Crippen molar-refractivity contribution in [3.8, 4) is 0 Å². The molecule has 1 heterocycles. The topological polar surface area (TPSA) is 111 Å². The number of anilines is 1. The van der Waals surface area contributed by atoms with Gasteiger partial charge in [0.15, 0.2) is 0 Å². The third-order valence-electron chi connectivity index (χ3n) is 2.03. The van der Waals surface area contributed by atoms with Crippen LogP contribution in [0, 0.1) is 0 Å². The lowest BCUT2D eigenvalue weighted by Gasteiger charge is -2.17. The molecule has 90 valence electrons. The van der Waals surface area contributed by atoms with Gasteiger partial charge in [0.05, 0.1) is 6.54 Å². The van der Waals surface area contributed by atoms with Gasteiger partial charge in [-0.05, 0) is 6.42 Å². The normalized spacial score (nSPS) is 10.4. The van der Waals surface area contributed by atoms with Crippen LogP contribution in [0.4, 0.5) is 6.01 Å². The summed E-state index contributed by atoms with van der Waals surface area (Å²) in [7, 11) is 0. The van der Waals surface area contributed by atoms with Crippen LogP contribution in [0.3, 0.4) is 0 Å². The zero-order valence-electron chi connectivity index (χ0n) is 9.35. The second-order valence-corrected chi connectivity index (χ2v) is 3.42. The van der Waals surface area contributed by atoms with E-state index in [1.807, 2.05) is 0 Å². The molecular formula is C9H17N5O2. The van der Waals surface area contributed by atoms with Crippen LogP contribution in [0.25, 0.3) is 0 Å². The number of carbonyl (C=O) groups is 1. The fraction of sp³-hybridized carbons (Fsp3) is 0.667. The van der Waals surface area contributed by atoms with Crippen LogP contribution in [0.2, 0.25) is 0 Å². The van der Waals surface area contributed by atoms with Crippen LogP contribution in [-0.4, -0.2) is 29.2 Å². The number of carbonyl (C=O) groups excluding carboxylic acids is 1. The molecule has 0 radical (unpaired) electrons. The summed E-state index contributed by atoms with van der Waals surface area (Å²) in [5.74, 6) is -0.0791. The van der Waals surface area contributed by atoms with Crippen molar-refractivity contribution in [2.45, 2.75) is 26.3 Å². The standard InChI is InChI=1S/C9H17N5O2/c1-2-3-4-14(6-7(11)15)9-13-12-8(5-10)16-9/h2-6,10H2,1H3,(H2,11,15). The van der Waals surface area contributed by atoms with E-state index in [2.05, 4.69) is 17.1 Å². The Morgan fingerprint density at radius 3 is 2.75 bits per heavy atom. The molecule has 4 N–H and O–H groups in total. The number of unbranched alkanes of at least 4 members (excludes halogenated alkanes) is 1. The zero-order valence-corrected chi connectivity index (χ0v) is 9.35. The van der Waals surface area contributed by atoms with Crippen LogP contribution in [0.5, 0.6) is 0 Å². The number of nitrogens with two attached hydrogens (primary N) is 2. The average molecular weight is 227 g/mol. The molecule has 16 heavy (non-hydrogen) atoms. The molecule has 0 aromatic carbocycles. The minimum absolute atomic E-state index is 0.0756. The largest absolute Gasteiger partial charge is 0.407 e. The van der Waals surface area contributed by atoms with E-state index in [9.17, 15) is 4.79 Å². The Labute approximate surface area is 93.8 Å². The highest BCUT2D eigenvalue weighted by Crippen LogP contribution is 2.12. The molecule has 0 atom stereocenters. The molecule has 0 unspecified atom stereocenters. The van der Waals surface area contributed by atoms with Gasteiger partial charge in [-0.3, -0.25) is 4.79 Å². The van der Waals surface area contributed by atoms with Crippen molar-refractivity contribution in [1.29, 1.82) is 0 Å². The maximum absolute atomic E-state index is 10.9. The monoisotopic (exact) mass is 227 g/mol. The van der Waals surface area contributed by atoms with Crippen molar-refractivity contribution in [1.82, 2.24) is 10.2 Å². The van der Waals surface area contributed by atoms with E-state index >= 15 is 0 Å². The third-order valence-corrected chi connectivity index (χ3v) is 2.03. The highest BCUT2D eigenvalue weighted by molar-refractivity contribution is 5.78. The summed E-state index contributed by atoms with van der Waals surface area (Å²) in [5.41, 5.74) is 10.5. The molecular weight excluding hydrogens is 210 g/mol. The number of amides is 1. The second kappa shape index (κ2) is 6.06. The van der Waals surface area contributed by atoms with Crippen molar-refractivity contribution < 1.29 is 9.21 Å². The Bertz CT molecular complexity index is 338. The highest BCUT2D eigenvalue weighted by Gasteiger charge is 2.15. The van der Waals surface area contributed by atoms with Crippen LogP contribution >= 0.6 is 0 Å². The quantitative estimate of drug-likeness (QED) is 0.656. The third kappa shape index (κ3) is 3.50. The summed E-state index contributed by atoms with van der Waals surface area (Å²) in [6.45, 7) is 2.98. The number of rotatable bonds is 7. The molecule has 7 nitrogen and oxygen atoms in total. The van der Waals surface area contributed by atoms with Gasteiger partial charge >= 0.3 is 6.01 Å². The first kappa shape index (κ1) is 12.4. The SMILES string of the molecule is CCCCN(CC(N)=O)c1nnc(CN)o1. The van der Waals surface area contributed by atoms with E-state index in [0.717, 1.165) is 12.8 Å². The molecule has 0 fully saturated rings. The lowest BCUT2D eigenvalue weighted by Crippen LogP contribution is -2.34. The van der Waals surface area contributed by atoms with Gasteiger partial charge in [-0.2, -0.15) is 0 Å². The number of hydrogen-bond acceptors (Lipinski definition) is 6. The number of nitrogens with zero attached hydrogens (tertiary/aromatic N) is 3. The van der Waals surface area contributed by atoms with Crippen molar-refractivity contribution >= 4 is 11.9 Å². The minimum Gasteiger partial charge on any atom is -0.407 e. The van der Waals surface area contributed by atoms with E-state index in [1.54, 1.807) is 4.90 Å². The lowest BCUT2D eigenvalue weighted by molar-refractivity contribution is -0.116. The Morgan fingerprint density at radius 2 is 2.25 bits per heavy atom. The predicted octanol–water partition coefficient (Wildman–Crippen LogP) is -0.380. The molecule has 0 spiro atoms. The number of aromatic nitrogens is 2. The first-order chi connectivity index (χ1) is 7.67. The summed E-state index contributed by atoms with van der Waals surface area (Å²) in [5, 5.41) is 7.55. The van der Waals surface area contributed by atoms with Crippen LogP contribution in [-0.2, 0) is 11.3 Å². The van der Waals surface area contributed by atoms with E-state index in [4.69, 9.17) is 15.9 Å². The van der Waals surface area contributed by atoms with Crippen molar-refractivity contribution in [2.24, 2.45) is 11.5 Å². The maximum atomic E-state index is 10.9. The van der Waals surface area contributed by atoms with E-state index < -0.39 is 5.91 Å². The molecule has 0 saturated heterocycles. The highest BCUT2D eigenvalue weighted by atomic mass is 16.4. The Balaban J connectivity index is 2.69. The Morgan fingerprint density at radius 1 is 1.50 bits per heavy atom. The zero-order chi connectivity index (χ0) is 12.0. The van der Waals surface area contributed by atoms with Gasteiger partial charge in [0.2, 0.25) is 11.8 Å². The Hall–Kier alpha value is -1.63. The van der Waals surface area contributed by atoms with Crippen LogP contribution in [0.15, 0.2) is 4.42 Å². The van der Waals surface area contributed by atoms with E-state index in [1.165, 1.54) is 0 Å². The molecule has 0 aliphatic rings.